The standard InChI is InChI=1S/C27H26ClN7/c1-33-11-13-34(14-12-33)18-19-4-9-24-25(15-19)32-27(31-24)21-6-8-23(28)20(16-21)5-7-22-17-29-26-3-2-10-30-35(22)26/h2-4,6,8-10,15-17,26,29H,11-14,18H2,1H3,(H,31,32). The molecule has 2 N–H and O–H groups in total. The molecule has 3 aliphatic rings. The number of piperazine rings is 1. The number of allylic oxidation sites excluding steroid dienone is 2. The highest BCUT2D eigenvalue weighted by Crippen LogP contribution is 2.26. The lowest BCUT2D eigenvalue weighted by atomic mass is 10.1. The van der Waals surface area contributed by atoms with Crippen molar-refractivity contribution in [2.24, 2.45) is 5.10 Å². The van der Waals surface area contributed by atoms with Gasteiger partial charge in [-0.15, -0.1) is 0 Å². The first kappa shape index (κ1) is 21.9. The summed E-state index contributed by atoms with van der Waals surface area (Å²) in [6.45, 7) is 5.41. The fraction of sp³-hybridized carbons (Fsp3) is 0.259. The Bertz CT molecular complexity index is 1420. The van der Waals surface area contributed by atoms with Gasteiger partial charge in [0.1, 0.15) is 17.7 Å². The summed E-state index contributed by atoms with van der Waals surface area (Å²) in [5, 5.41) is 10.1. The number of rotatable bonds is 3. The molecule has 176 valence electrons. The van der Waals surface area contributed by atoms with Gasteiger partial charge in [-0.25, -0.2) is 9.99 Å². The van der Waals surface area contributed by atoms with E-state index < -0.39 is 0 Å². The van der Waals surface area contributed by atoms with E-state index in [4.69, 9.17) is 16.6 Å². The number of hydrogen-bond donors (Lipinski definition) is 2. The minimum atomic E-state index is 0.0165. The first-order valence-electron chi connectivity index (χ1n) is 11.8. The number of likely N-dealkylation sites (N-methyl/N-ethyl adjacent to an activating group) is 1. The van der Waals surface area contributed by atoms with E-state index >= 15 is 0 Å². The highest BCUT2D eigenvalue weighted by molar-refractivity contribution is 6.31. The molecule has 0 radical (unpaired) electrons. The summed E-state index contributed by atoms with van der Waals surface area (Å²) in [6, 6.07) is 12.3. The third kappa shape index (κ3) is 4.56. The average molecular weight is 484 g/mol. The van der Waals surface area contributed by atoms with Crippen LogP contribution in [0, 0.1) is 11.8 Å². The van der Waals surface area contributed by atoms with Gasteiger partial charge in [0.25, 0.3) is 0 Å². The first-order chi connectivity index (χ1) is 17.1. The molecular formula is C27H26ClN7. The van der Waals surface area contributed by atoms with Crippen molar-refractivity contribution in [1.82, 2.24) is 30.1 Å². The third-order valence-corrected chi connectivity index (χ3v) is 6.91. The molecule has 3 aliphatic heterocycles. The Kier molecular flexibility index (Phi) is 5.78. The fourth-order valence-electron chi connectivity index (χ4n) is 4.54. The van der Waals surface area contributed by atoms with Gasteiger partial charge in [0, 0.05) is 56.3 Å². The quantitative estimate of drug-likeness (QED) is 0.557. The molecule has 0 amide bonds. The maximum atomic E-state index is 6.48. The van der Waals surface area contributed by atoms with Gasteiger partial charge in [-0.1, -0.05) is 23.6 Å². The number of hydrazone groups is 1. The van der Waals surface area contributed by atoms with Crippen LogP contribution in [0.2, 0.25) is 5.02 Å². The number of benzene rings is 2. The second-order valence-corrected chi connectivity index (χ2v) is 9.50. The Morgan fingerprint density at radius 3 is 2.86 bits per heavy atom. The molecule has 1 saturated heterocycles. The summed E-state index contributed by atoms with van der Waals surface area (Å²) in [5.41, 5.74) is 5.79. The summed E-state index contributed by atoms with van der Waals surface area (Å²) in [6.07, 6.45) is 7.60. The van der Waals surface area contributed by atoms with Gasteiger partial charge in [0.05, 0.1) is 16.1 Å². The Labute approximate surface area is 209 Å². The number of nitrogens with one attached hydrogen (secondary N) is 2. The molecular weight excluding hydrogens is 458 g/mol. The van der Waals surface area contributed by atoms with E-state index in [1.165, 1.54) is 5.56 Å². The van der Waals surface area contributed by atoms with Gasteiger partial charge >= 0.3 is 0 Å². The minimum Gasteiger partial charge on any atom is -0.364 e. The Balaban J connectivity index is 1.23. The predicted molar refractivity (Wildman–Crippen MR) is 141 cm³/mol. The number of aromatic nitrogens is 2. The number of aromatic amines is 1. The van der Waals surface area contributed by atoms with Crippen LogP contribution in [-0.4, -0.2) is 70.4 Å². The molecule has 7 nitrogen and oxygen atoms in total. The van der Waals surface area contributed by atoms with Crippen LogP contribution in [0.5, 0.6) is 0 Å². The summed E-state index contributed by atoms with van der Waals surface area (Å²) in [7, 11) is 2.18. The van der Waals surface area contributed by atoms with Crippen LogP contribution in [0.15, 0.2) is 65.5 Å². The molecule has 0 aliphatic carbocycles. The van der Waals surface area contributed by atoms with Crippen molar-refractivity contribution in [3.63, 3.8) is 0 Å². The molecule has 1 atom stereocenters. The summed E-state index contributed by atoms with van der Waals surface area (Å²) in [4.78, 5) is 13.2. The lowest BCUT2D eigenvalue weighted by Crippen LogP contribution is -2.43. The van der Waals surface area contributed by atoms with E-state index in [0.29, 0.717) is 5.02 Å². The normalized spacial score (nSPS) is 19.9. The molecule has 4 heterocycles. The maximum Gasteiger partial charge on any atom is 0.141 e. The van der Waals surface area contributed by atoms with Gasteiger partial charge < -0.3 is 15.2 Å². The zero-order chi connectivity index (χ0) is 23.8. The number of hydrogen-bond acceptors (Lipinski definition) is 6. The van der Waals surface area contributed by atoms with Crippen molar-refractivity contribution in [1.29, 1.82) is 0 Å². The van der Waals surface area contributed by atoms with Crippen molar-refractivity contribution in [3.05, 3.63) is 76.6 Å². The van der Waals surface area contributed by atoms with Crippen LogP contribution >= 0.6 is 11.6 Å². The molecule has 6 rings (SSSR count). The monoisotopic (exact) mass is 483 g/mol. The van der Waals surface area contributed by atoms with Crippen LogP contribution in [0.25, 0.3) is 22.4 Å². The number of nitrogens with zero attached hydrogens (tertiary/aromatic N) is 5. The molecule has 8 heteroatoms. The van der Waals surface area contributed by atoms with Crippen LogP contribution in [0.3, 0.4) is 0 Å². The van der Waals surface area contributed by atoms with Crippen LogP contribution in [0.1, 0.15) is 11.1 Å². The van der Waals surface area contributed by atoms with Crippen LogP contribution in [-0.2, 0) is 6.54 Å². The van der Waals surface area contributed by atoms with Crippen LogP contribution < -0.4 is 5.32 Å². The van der Waals surface area contributed by atoms with E-state index in [2.05, 4.69) is 62.3 Å². The first-order valence-corrected chi connectivity index (χ1v) is 12.2. The highest BCUT2D eigenvalue weighted by atomic mass is 35.5. The van der Waals surface area contributed by atoms with Gasteiger partial charge in [-0.2, -0.15) is 5.10 Å². The van der Waals surface area contributed by atoms with Crippen molar-refractivity contribution in [2.75, 3.05) is 33.2 Å². The number of fused-ring (bicyclic) bond motifs is 2. The van der Waals surface area contributed by atoms with Gasteiger partial charge in [0.2, 0.25) is 0 Å². The summed E-state index contributed by atoms with van der Waals surface area (Å²) in [5.74, 6) is 7.21. The maximum absolute atomic E-state index is 6.48. The highest BCUT2D eigenvalue weighted by Gasteiger charge is 2.23. The third-order valence-electron chi connectivity index (χ3n) is 6.59. The zero-order valence-electron chi connectivity index (χ0n) is 19.5. The number of imidazole rings is 1. The summed E-state index contributed by atoms with van der Waals surface area (Å²) >= 11 is 6.48. The Morgan fingerprint density at radius 2 is 1.97 bits per heavy atom. The molecule has 0 saturated carbocycles. The van der Waals surface area contributed by atoms with Crippen molar-refractivity contribution < 1.29 is 0 Å². The second kappa shape index (κ2) is 9.23. The van der Waals surface area contributed by atoms with Crippen molar-refractivity contribution in [2.45, 2.75) is 12.7 Å². The number of H-pyrrole nitrogens is 1. The van der Waals surface area contributed by atoms with E-state index in [1.54, 1.807) is 6.21 Å². The van der Waals surface area contributed by atoms with Crippen LogP contribution in [0.4, 0.5) is 0 Å². The molecule has 3 aromatic rings. The topological polar surface area (TPSA) is 62.8 Å². The second-order valence-electron chi connectivity index (χ2n) is 9.10. The zero-order valence-corrected chi connectivity index (χ0v) is 20.3. The molecule has 1 unspecified atom stereocenters. The predicted octanol–water partition coefficient (Wildman–Crippen LogP) is 3.61. The Hall–Kier alpha value is -3.57. The van der Waals surface area contributed by atoms with Crippen molar-refractivity contribution in [3.8, 4) is 23.2 Å². The molecule has 35 heavy (non-hydrogen) atoms. The van der Waals surface area contributed by atoms with E-state index in [0.717, 1.165) is 66.4 Å². The largest absolute Gasteiger partial charge is 0.364 e. The van der Waals surface area contributed by atoms with E-state index in [9.17, 15) is 0 Å². The lowest BCUT2D eigenvalue weighted by Gasteiger charge is -2.32. The number of halogens is 1. The Morgan fingerprint density at radius 1 is 1.09 bits per heavy atom. The lowest BCUT2D eigenvalue weighted by molar-refractivity contribution is 0.148. The average Bonchev–Trinajstić information content (AvgIpc) is 3.49. The molecule has 0 bridgehead atoms. The summed E-state index contributed by atoms with van der Waals surface area (Å²) < 4.78 is 0. The molecule has 0 spiro atoms. The van der Waals surface area contributed by atoms with Crippen molar-refractivity contribution >= 4 is 28.8 Å². The minimum absolute atomic E-state index is 0.0165. The fourth-order valence-corrected chi connectivity index (χ4v) is 4.70. The SMILES string of the molecule is CN1CCN(Cc2ccc3nc(-c4ccc(Cl)c(C#CC5=CNC6C=CC=NN56)c4)[nH]c3c2)CC1. The van der Waals surface area contributed by atoms with Gasteiger partial charge in [-0.3, -0.25) is 4.90 Å². The molecule has 1 aromatic heterocycles. The molecule has 2 aromatic carbocycles. The molecule has 1 fully saturated rings. The smallest absolute Gasteiger partial charge is 0.141 e. The van der Waals surface area contributed by atoms with E-state index in [1.807, 2.05) is 41.6 Å². The van der Waals surface area contributed by atoms with E-state index in [-0.39, 0.29) is 6.17 Å². The van der Waals surface area contributed by atoms with Gasteiger partial charge in [-0.05, 0) is 61.0 Å². The van der Waals surface area contributed by atoms with Gasteiger partial charge in [0.15, 0.2) is 0 Å².